The first-order valence-electron chi connectivity index (χ1n) is 8.88. The molecular formula is C21H22ClN3O. The van der Waals surface area contributed by atoms with E-state index >= 15 is 0 Å². The van der Waals surface area contributed by atoms with Gasteiger partial charge in [-0.1, -0.05) is 48.0 Å². The van der Waals surface area contributed by atoms with Crippen LogP contribution in [0.5, 0.6) is 0 Å². The van der Waals surface area contributed by atoms with Crippen LogP contribution in [-0.4, -0.2) is 23.9 Å². The lowest BCUT2D eigenvalue weighted by atomic mass is 9.95. The van der Waals surface area contributed by atoms with Gasteiger partial charge < -0.3 is 5.32 Å². The van der Waals surface area contributed by atoms with E-state index in [-0.39, 0.29) is 11.8 Å². The second-order valence-electron chi connectivity index (χ2n) is 6.67. The van der Waals surface area contributed by atoms with Crippen LogP contribution in [-0.2, 0) is 17.9 Å². The molecule has 0 aromatic heterocycles. The summed E-state index contributed by atoms with van der Waals surface area (Å²) in [6, 6.07) is 17.6. The second kappa shape index (κ2) is 8.84. The summed E-state index contributed by atoms with van der Waals surface area (Å²) in [5.41, 5.74) is 2.67. The molecule has 1 N–H and O–H groups in total. The number of rotatable bonds is 5. The third kappa shape index (κ3) is 4.85. The Hall–Kier alpha value is -2.35. The van der Waals surface area contributed by atoms with E-state index in [1.54, 1.807) is 18.2 Å². The Bertz CT molecular complexity index is 793. The van der Waals surface area contributed by atoms with Gasteiger partial charge in [0, 0.05) is 24.0 Å². The van der Waals surface area contributed by atoms with Crippen molar-refractivity contribution in [1.29, 1.82) is 5.26 Å². The number of halogens is 1. The number of hydrogen-bond donors (Lipinski definition) is 1. The van der Waals surface area contributed by atoms with Crippen LogP contribution >= 0.6 is 11.6 Å². The van der Waals surface area contributed by atoms with Crippen molar-refractivity contribution in [2.24, 2.45) is 5.92 Å². The number of nitriles is 1. The summed E-state index contributed by atoms with van der Waals surface area (Å²) < 4.78 is 0. The molecule has 2 aromatic carbocycles. The van der Waals surface area contributed by atoms with Crippen LogP contribution in [0.15, 0.2) is 48.5 Å². The van der Waals surface area contributed by atoms with Crippen LogP contribution in [0, 0.1) is 17.2 Å². The zero-order chi connectivity index (χ0) is 18.4. The molecule has 5 heteroatoms. The Labute approximate surface area is 159 Å². The van der Waals surface area contributed by atoms with Gasteiger partial charge in [-0.15, -0.1) is 0 Å². The number of amides is 1. The molecule has 0 aliphatic carbocycles. The number of nitrogens with zero attached hydrogens (tertiary/aromatic N) is 2. The molecule has 1 heterocycles. The van der Waals surface area contributed by atoms with Crippen LogP contribution in [0.4, 0.5) is 0 Å². The summed E-state index contributed by atoms with van der Waals surface area (Å²) in [7, 11) is 0. The molecule has 1 saturated heterocycles. The monoisotopic (exact) mass is 367 g/mol. The third-order valence-corrected chi connectivity index (χ3v) is 5.19. The average molecular weight is 368 g/mol. The van der Waals surface area contributed by atoms with Gasteiger partial charge in [0.25, 0.3) is 0 Å². The summed E-state index contributed by atoms with van der Waals surface area (Å²) >= 11 is 6.16. The fourth-order valence-electron chi connectivity index (χ4n) is 3.28. The highest BCUT2D eigenvalue weighted by molar-refractivity contribution is 6.31. The van der Waals surface area contributed by atoms with E-state index in [0.717, 1.165) is 38.0 Å². The lowest BCUT2D eigenvalue weighted by Crippen LogP contribution is -2.40. The summed E-state index contributed by atoms with van der Waals surface area (Å²) in [6.07, 6.45) is 1.75. The molecule has 0 bridgehead atoms. The molecule has 1 aliphatic heterocycles. The molecule has 3 rings (SSSR count). The van der Waals surface area contributed by atoms with Crippen LogP contribution in [0.1, 0.15) is 29.5 Å². The lowest BCUT2D eigenvalue weighted by Gasteiger charge is -2.31. The SMILES string of the molecule is N#Cc1ccc(CNC(=O)C2CCN(Cc3ccccc3)CC2)c(Cl)c1. The van der Waals surface area contributed by atoms with Crippen molar-refractivity contribution in [3.05, 3.63) is 70.2 Å². The summed E-state index contributed by atoms with van der Waals surface area (Å²) in [4.78, 5) is 14.8. The first kappa shape index (κ1) is 18.4. The quantitative estimate of drug-likeness (QED) is 0.875. The Morgan fingerprint density at radius 3 is 2.58 bits per heavy atom. The zero-order valence-electron chi connectivity index (χ0n) is 14.6. The minimum absolute atomic E-state index is 0.0548. The van der Waals surface area contributed by atoms with Gasteiger partial charge in [-0.05, 0) is 49.2 Å². The Balaban J connectivity index is 1.46. The van der Waals surface area contributed by atoms with Crippen LogP contribution < -0.4 is 5.32 Å². The molecule has 134 valence electrons. The van der Waals surface area contributed by atoms with Gasteiger partial charge in [0.2, 0.25) is 5.91 Å². The highest BCUT2D eigenvalue weighted by atomic mass is 35.5. The number of benzene rings is 2. The Morgan fingerprint density at radius 1 is 1.19 bits per heavy atom. The first-order chi connectivity index (χ1) is 12.7. The predicted octanol–water partition coefficient (Wildman–Crippen LogP) is 3.74. The first-order valence-corrected chi connectivity index (χ1v) is 9.26. The van der Waals surface area contributed by atoms with Crippen molar-refractivity contribution >= 4 is 17.5 Å². The standard InChI is InChI=1S/C21H22ClN3O/c22-20-12-17(13-23)6-7-19(20)14-24-21(26)18-8-10-25(11-9-18)15-16-4-2-1-3-5-16/h1-7,12,18H,8-11,14-15H2,(H,24,26). The molecule has 4 nitrogen and oxygen atoms in total. The molecule has 1 aliphatic rings. The molecule has 1 fully saturated rings. The minimum atomic E-state index is 0.0548. The van der Waals surface area contributed by atoms with E-state index in [1.165, 1.54) is 5.56 Å². The predicted molar refractivity (Wildman–Crippen MR) is 102 cm³/mol. The van der Waals surface area contributed by atoms with E-state index in [1.807, 2.05) is 6.07 Å². The molecular weight excluding hydrogens is 346 g/mol. The smallest absolute Gasteiger partial charge is 0.223 e. The maximum Gasteiger partial charge on any atom is 0.223 e. The van der Waals surface area contributed by atoms with Crippen LogP contribution in [0.3, 0.4) is 0 Å². The normalized spacial score (nSPS) is 15.4. The van der Waals surface area contributed by atoms with Crippen molar-refractivity contribution in [3.8, 4) is 6.07 Å². The molecule has 0 atom stereocenters. The third-order valence-electron chi connectivity index (χ3n) is 4.84. The number of hydrogen-bond acceptors (Lipinski definition) is 3. The van der Waals surface area contributed by atoms with Crippen molar-refractivity contribution in [2.45, 2.75) is 25.9 Å². The molecule has 26 heavy (non-hydrogen) atoms. The number of carbonyl (C=O) groups excluding carboxylic acids is 1. The van der Waals surface area contributed by atoms with Gasteiger partial charge in [-0.3, -0.25) is 9.69 Å². The second-order valence-corrected chi connectivity index (χ2v) is 7.08. The van der Waals surface area contributed by atoms with Gasteiger partial charge in [0.1, 0.15) is 0 Å². The number of nitrogens with one attached hydrogen (secondary N) is 1. The maximum absolute atomic E-state index is 12.4. The van der Waals surface area contributed by atoms with Gasteiger partial charge in [0.05, 0.1) is 11.6 Å². The van der Waals surface area contributed by atoms with Crippen LogP contribution in [0.2, 0.25) is 5.02 Å². The Kier molecular flexibility index (Phi) is 6.27. The molecule has 0 spiro atoms. The van der Waals surface area contributed by atoms with Gasteiger partial charge in [-0.2, -0.15) is 5.26 Å². The van der Waals surface area contributed by atoms with Crippen LogP contribution in [0.25, 0.3) is 0 Å². The fraction of sp³-hybridized carbons (Fsp3) is 0.333. The lowest BCUT2D eigenvalue weighted by molar-refractivity contribution is -0.126. The van der Waals surface area contributed by atoms with Crippen molar-refractivity contribution < 1.29 is 4.79 Å². The average Bonchev–Trinajstić information content (AvgIpc) is 2.68. The number of piperidine rings is 1. The molecule has 0 saturated carbocycles. The van der Waals surface area contributed by atoms with Crippen molar-refractivity contribution in [3.63, 3.8) is 0 Å². The zero-order valence-corrected chi connectivity index (χ0v) is 15.4. The number of carbonyl (C=O) groups is 1. The van der Waals surface area contributed by atoms with Gasteiger partial charge in [0.15, 0.2) is 0 Å². The molecule has 2 aromatic rings. The van der Waals surface area contributed by atoms with E-state index in [4.69, 9.17) is 16.9 Å². The largest absolute Gasteiger partial charge is 0.352 e. The van der Waals surface area contributed by atoms with E-state index in [9.17, 15) is 4.79 Å². The van der Waals surface area contributed by atoms with Crippen molar-refractivity contribution in [1.82, 2.24) is 10.2 Å². The molecule has 0 unspecified atom stereocenters. The summed E-state index contributed by atoms with van der Waals surface area (Å²) in [6.45, 7) is 3.21. The highest BCUT2D eigenvalue weighted by Gasteiger charge is 2.24. The van der Waals surface area contributed by atoms with Gasteiger partial charge >= 0.3 is 0 Å². The topological polar surface area (TPSA) is 56.1 Å². The fourth-order valence-corrected chi connectivity index (χ4v) is 3.53. The molecule has 0 radical (unpaired) electrons. The summed E-state index contributed by atoms with van der Waals surface area (Å²) in [5.74, 6) is 0.143. The van der Waals surface area contributed by atoms with E-state index < -0.39 is 0 Å². The maximum atomic E-state index is 12.4. The molecule has 1 amide bonds. The van der Waals surface area contributed by atoms with Crippen molar-refractivity contribution in [2.75, 3.05) is 13.1 Å². The number of likely N-dealkylation sites (tertiary alicyclic amines) is 1. The highest BCUT2D eigenvalue weighted by Crippen LogP contribution is 2.21. The Morgan fingerprint density at radius 2 is 1.92 bits per heavy atom. The minimum Gasteiger partial charge on any atom is -0.352 e. The van der Waals surface area contributed by atoms with E-state index in [2.05, 4.69) is 40.6 Å². The van der Waals surface area contributed by atoms with E-state index in [0.29, 0.717) is 17.1 Å². The summed E-state index contributed by atoms with van der Waals surface area (Å²) in [5, 5.41) is 12.4. The van der Waals surface area contributed by atoms with Gasteiger partial charge in [-0.25, -0.2) is 0 Å².